The molecule has 2 saturated carbocycles. The molecule has 1 aliphatic heterocycles. The van der Waals surface area contributed by atoms with Crippen LogP contribution in [0.2, 0.25) is 0 Å². The Morgan fingerprint density at radius 2 is 1.61 bits per heavy atom. The molecule has 1 N–H and O–H groups in total. The molecule has 210 valence electrons. The molecule has 10 nitrogen and oxygen atoms in total. The molecule has 10 heteroatoms. The molecule has 0 unspecified atom stereocenters. The number of fused-ring (bicyclic) bond motifs is 2. The van der Waals surface area contributed by atoms with E-state index in [9.17, 15) is 19.5 Å². The minimum Gasteiger partial charge on any atom is -0.493 e. The van der Waals surface area contributed by atoms with Gasteiger partial charge in [-0.15, -0.1) is 0 Å². The number of carbonyl (C=O) groups excluding carboxylic acids is 3. The van der Waals surface area contributed by atoms with Gasteiger partial charge in [-0.3, -0.25) is 9.59 Å². The van der Waals surface area contributed by atoms with Gasteiger partial charge in [0.1, 0.15) is 24.4 Å². The topological polar surface area (TPSA) is 130 Å². The van der Waals surface area contributed by atoms with Crippen LogP contribution >= 0.6 is 0 Å². The number of epoxide rings is 1. The van der Waals surface area contributed by atoms with E-state index in [-0.39, 0.29) is 24.3 Å². The van der Waals surface area contributed by atoms with Gasteiger partial charge < -0.3 is 33.5 Å². The van der Waals surface area contributed by atoms with Gasteiger partial charge in [-0.05, 0) is 31.0 Å². The first-order valence-corrected chi connectivity index (χ1v) is 12.9. The summed E-state index contributed by atoms with van der Waals surface area (Å²) in [7, 11) is 2.97. The Balaban J connectivity index is 1.81. The van der Waals surface area contributed by atoms with Crippen molar-refractivity contribution in [2.45, 2.75) is 90.0 Å². The second-order valence-electron chi connectivity index (χ2n) is 11.4. The summed E-state index contributed by atoms with van der Waals surface area (Å²) >= 11 is 0. The van der Waals surface area contributed by atoms with Crippen LogP contribution in [0.1, 0.15) is 64.7 Å². The molecule has 2 aliphatic carbocycles. The molecule has 0 radical (unpaired) electrons. The lowest BCUT2D eigenvalue weighted by atomic mass is 9.66. The summed E-state index contributed by atoms with van der Waals surface area (Å²) in [5.41, 5.74) is -3.04. The Bertz CT molecular complexity index is 1120. The van der Waals surface area contributed by atoms with E-state index in [4.69, 9.17) is 28.4 Å². The summed E-state index contributed by atoms with van der Waals surface area (Å²) < 4.78 is 34.5. The van der Waals surface area contributed by atoms with Gasteiger partial charge in [0.05, 0.1) is 36.4 Å². The molecule has 0 spiro atoms. The predicted molar refractivity (Wildman–Crippen MR) is 134 cm³/mol. The molecule has 38 heavy (non-hydrogen) atoms. The summed E-state index contributed by atoms with van der Waals surface area (Å²) in [6.45, 7) is 10.0. The predicted octanol–water partition coefficient (Wildman–Crippen LogP) is 3.07. The molecular formula is C28H38O10. The minimum atomic E-state index is -1.40. The lowest BCUT2D eigenvalue weighted by Gasteiger charge is -2.46. The fraction of sp³-hybridized carbons (Fsp3) is 0.679. The van der Waals surface area contributed by atoms with Crippen molar-refractivity contribution < 1.29 is 47.9 Å². The van der Waals surface area contributed by atoms with E-state index < -0.39 is 64.9 Å². The number of ether oxygens (including phenoxy) is 6. The second-order valence-corrected chi connectivity index (χ2v) is 11.4. The van der Waals surface area contributed by atoms with Gasteiger partial charge in [0.15, 0.2) is 11.5 Å². The Hall–Kier alpha value is -2.85. The fourth-order valence-corrected chi connectivity index (χ4v) is 6.72. The average Bonchev–Trinajstić information content (AvgIpc) is 3.44. The lowest BCUT2D eigenvalue weighted by Crippen LogP contribution is -2.56. The quantitative estimate of drug-likeness (QED) is 0.316. The van der Waals surface area contributed by atoms with Crippen LogP contribution in [-0.4, -0.2) is 72.9 Å². The molecule has 1 aromatic rings. The van der Waals surface area contributed by atoms with E-state index in [1.54, 1.807) is 12.1 Å². The smallest absolute Gasteiger partial charge is 0.338 e. The molecule has 1 aromatic carbocycles. The highest BCUT2D eigenvalue weighted by molar-refractivity contribution is 5.90. The summed E-state index contributed by atoms with van der Waals surface area (Å²) in [6.07, 6.45) is -2.65. The molecule has 8 atom stereocenters. The summed E-state index contributed by atoms with van der Waals surface area (Å²) in [4.78, 5) is 37.9. The summed E-state index contributed by atoms with van der Waals surface area (Å²) in [6, 6.07) is 4.72. The number of aliphatic hydroxyl groups is 1. The van der Waals surface area contributed by atoms with Gasteiger partial charge in [-0.1, -0.05) is 20.8 Å². The molecule has 0 aromatic heterocycles. The number of hydrogen-bond donors (Lipinski definition) is 1. The molecule has 4 rings (SSSR count). The van der Waals surface area contributed by atoms with E-state index in [0.717, 1.165) is 0 Å². The number of hydrogen-bond acceptors (Lipinski definition) is 10. The standard InChI is InChI=1S/C28H38O10/c1-14(2)28(32)13-21(35-15(3)29)27(6)22(28)20(12-26(5)23(38-26)24(27)36-16(4)30)37-25(31)17-9-10-18(33-7)19(11-17)34-8/h9-11,14,20-24,32H,12-13H2,1-8H3/t20-,21-,22+,23+,24-,26-,27+,28+/m0/s1. The number of carbonyl (C=O) groups is 3. The van der Waals surface area contributed by atoms with Gasteiger partial charge in [-0.25, -0.2) is 4.79 Å². The highest BCUT2D eigenvalue weighted by Crippen LogP contribution is 2.65. The SMILES string of the molecule is COc1ccc(C(=O)O[C@H]2C[C@]3(C)O[C@@H]3[C@H](OC(C)=O)[C@]3(C)[C@@H](OC(C)=O)C[C@@](O)(C(C)C)[C@H]23)cc1OC. The van der Waals surface area contributed by atoms with Crippen molar-refractivity contribution in [2.24, 2.45) is 17.3 Å². The highest BCUT2D eigenvalue weighted by Gasteiger charge is 2.77. The van der Waals surface area contributed by atoms with Crippen LogP contribution in [0, 0.1) is 17.3 Å². The van der Waals surface area contributed by atoms with E-state index in [1.165, 1.54) is 34.1 Å². The lowest BCUT2D eigenvalue weighted by molar-refractivity contribution is -0.184. The van der Waals surface area contributed by atoms with Crippen molar-refractivity contribution in [3.8, 4) is 11.5 Å². The third-order valence-electron chi connectivity index (χ3n) is 8.70. The van der Waals surface area contributed by atoms with E-state index in [0.29, 0.717) is 11.5 Å². The molecule has 0 bridgehead atoms. The third kappa shape index (κ3) is 4.51. The van der Waals surface area contributed by atoms with Crippen LogP contribution in [0.5, 0.6) is 11.5 Å². The molecule has 1 heterocycles. The normalized spacial score (nSPS) is 37.4. The zero-order valence-corrected chi connectivity index (χ0v) is 23.2. The van der Waals surface area contributed by atoms with Crippen molar-refractivity contribution in [1.82, 2.24) is 0 Å². The number of rotatable bonds is 7. The maximum Gasteiger partial charge on any atom is 0.338 e. The first-order chi connectivity index (χ1) is 17.7. The first kappa shape index (κ1) is 28.2. The Kier molecular flexibility index (Phi) is 7.20. The van der Waals surface area contributed by atoms with Crippen LogP contribution in [0.25, 0.3) is 0 Å². The number of benzene rings is 1. The Morgan fingerprint density at radius 1 is 0.974 bits per heavy atom. The third-order valence-corrected chi connectivity index (χ3v) is 8.70. The Morgan fingerprint density at radius 3 is 2.16 bits per heavy atom. The molecule has 1 saturated heterocycles. The summed E-state index contributed by atoms with van der Waals surface area (Å²) in [5, 5.41) is 12.2. The first-order valence-electron chi connectivity index (χ1n) is 12.9. The van der Waals surface area contributed by atoms with E-state index >= 15 is 0 Å². The van der Waals surface area contributed by atoms with Crippen molar-refractivity contribution in [3.63, 3.8) is 0 Å². The van der Waals surface area contributed by atoms with Crippen molar-refractivity contribution >= 4 is 17.9 Å². The number of esters is 3. The van der Waals surface area contributed by atoms with Crippen LogP contribution in [0.3, 0.4) is 0 Å². The zero-order chi connectivity index (χ0) is 28.2. The van der Waals surface area contributed by atoms with Crippen molar-refractivity contribution in [3.05, 3.63) is 23.8 Å². The zero-order valence-electron chi connectivity index (χ0n) is 23.2. The average molecular weight is 535 g/mol. The minimum absolute atomic E-state index is 0.0943. The number of methoxy groups -OCH3 is 2. The second kappa shape index (κ2) is 9.72. The van der Waals surface area contributed by atoms with E-state index in [2.05, 4.69) is 0 Å². The van der Waals surface area contributed by atoms with Gasteiger partial charge in [0.2, 0.25) is 0 Å². The molecule has 0 amide bonds. The van der Waals surface area contributed by atoms with Crippen molar-refractivity contribution in [1.29, 1.82) is 0 Å². The Labute approximate surface area is 222 Å². The fourth-order valence-electron chi connectivity index (χ4n) is 6.72. The molecular weight excluding hydrogens is 496 g/mol. The van der Waals surface area contributed by atoms with Gasteiger partial charge in [0.25, 0.3) is 0 Å². The maximum atomic E-state index is 13.5. The van der Waals surface area contributed by atoms with Crippen LogP contribution in [0.15, 0.2) is 18.2 Å². The van der Waals surface area contributed by atoms with Gasteiger partial charge in [-0.2, -0.15) is 0 Å². The van der Waals surface area contributed by atoms with Crippen LogP contribution < -0.4 is 9.47 Å². The van der Waals surface area contributed by atoms with Crippen LogP contribution in [0.4, 0.5) is 0 Å². The summed E-state index contributed by atoms with van der Waals surface area (Å²) in [5.74, 6) is -1.85. The van der Waals surface area contributed by atoms with Gasteiger partial charge in [0, 0.05) is 32.6 Å². The van der Waals surface area contributed by atoms with E-state index in [1.807, 2.05) is 27.7 Å². The highest BCUT2D eigenvalue weighted by atomic mass is 16.7. The van der Waals surface area contributed by atoms with Crippen molar-refractivity contribution in [2.75, 3.05) is 14.2 Å². The molecule has 3 aliphatic rings. The van der Waals surface area contributed by atoms with Crippen LogP contribution in [-0.2, 0) is 28.5 Å². The maximum absolute atomic E-state index is 13.5. The largest absolute Gasteiger partial charge is 0.493 e. The molecule has 3 fully saturated rings. The monoisotopic (exact) mass is 534 g/mol. The van der Waals surface area contributed by atoms with Gasteiger partial charge >= 0.3 is 17.9 Å².